The summed E-state index contributed by atoms with van der Waals surface area (Å²) in [5.74, 6) is -1.41. The van der Waals surface area contributed by atoms with Crippen molar-refractivity contribution in [1.82, 2.24) is 0 Å². The van der Waals surface area contributed by atoms with Gasteiger partial charge in [0.2, 0.25) is 0 Å². The number of hydrogen-bond acceptors (Lipinski definition) is 5. The van der Waals surface area contributed by atoms with Crippen molar-refractivity contribution in [2.45, 2.75) is 0 Å². The summed E-state index contributed by atoms with van der Waals surface area (Å²) < 4.78 is 12.8. The highest BCUT2D eigenvalue weighted by molar-refractivity contribution is 6.15. The van der Waals surface area contributed by atoms with E-state index < -0.39 is 11.7 Å². The van der Waals surface area contributed by atoms with Gasteiger partial charge < -0.3 is 9.68 Å². The predicted octanol–water partition coefficient (Wildman–Crippen LogP) is 1.89. The van der Waals surface area contributed by atoms with E-state index in [0.29, 0.717) is 5.56 Å². The first kappa shape index (κ1) is 13.8. The van der Waals surface area contributed by atoms with Crippen LogP contribution in [0.3, 0.4) is 0 Å². The van der Waals surface area contributed by atoms with E-state index in [9.17, 15) is 9.18 Å². The van der Waals surface area contributed by atoms with E-state index in [4.69, 9.17) is 0 Å². The topological polar surface area (TPSA) is 60.3 Å². The predicted molar refractivity (Wildman–Crippen MR) is 65.2 cm³/mol. The van der Waals surface area contributed by atoms with Gasteiger partial charge in [0.1, 0.15) is 20.0 Å². The molecule has 1 unspecified atom stereocenters. The smallest absolute Gasteiger partial charge is 0.176 e. The maximum absolute atomic E-state index is 12.8. The maximum atomic E-state index is 12.8. The molecule has 0 aromatic heterocycles. The summed E-state index contributed by atoms with van der Waals surface area (Å²) in [5.41, 5.74) is 0.353. The minimum atomic E-state index is -0.727. The van der Waals surface area contributed by atoms with E-state index in [2.05, 4.69) is 20.0 Å². The third-order valence-electron chi connectivity index (χ3n) is 2.09. The Balaban J connectivity index is 2.90. The average Bonchev–Trinajstić information content (AvgIpc) is 2.39. The summed E-state index contributed by atoms with van der Waals surface area (Å²) in [4.78, 5) is 21.1. The summed E-state index contributed by atoms with van der Waals surface area (Å²) in [6.07, 6.45) is 2.57. The van der Waals surface area contributed by atoms with Crippen LogP contribution in [0.2, 0.25) is 0 Å². The number of carbonyl (C=O) groups is 1. The molecule has 0 radical (unpaired) electrons. The number of benzene rings is 1. The molecule has 1 rings (SSSR count). The molecule has 1 aromatic carbocycles. The van der Waals surface area contributed by atoms with Crippen molar-refractivity contribution in [3.05, 3.63) is 35.6 Å². The molecule has 0 amide bonds. The monoisotopic (exact) mass is 252 g/mol. The van der Waals surface area contributed by atoms with Gasteiger partial charge in [0.25, 0.3) is 0 Å². The van der Waals surface area contributed by atoms with E-state index in [1.807, 2.05) is 0 Å². The third kappa shape index (κ3) is 3.97. The summed E-state index contributed by atoms with van der Waals surface area (Å²) in [6, 6.07) is 5.22. The Morgan fingerprint density at radius 1 is 1.17 bits per heavy atom. The first-order chi connectivity index (χ1) is 8.69. The molecule has 1 atom stereocenters. The van der Waals surface area contributed by atoms with Crippen molar-refractivity contribution >= 4 is 18.2 Å². The second-order valence-corrected chi connectivity index (χ2v) is 3.27. The molecule has 0 aliphatic heterocycles. The number of oxime groups is 2. The van der Waals surface area contributed by atoms with Gasteiger partial charge in [-0.15, -0.1) is 0 Å². The molecule has 18 heavy (non-hydrogen) atoms. The molecule has 1 aromatic rings. The number of Topliss-reactive ketones (excluding diaryl/α,β-unsaturated/α-hetero) is 1. The van der Waals surface area contributed by atoms with Crippen LogP contribution < -0.4 is 0 Å². The number of rotatable bonds is 6. The molecule has 0 fully saturated rings. The molecule has 0 spiro atoms. The van der Waals surface area contributed by atoms with Gasteiger partial charge >= 0.3 is 0 Å². The molecule has 0 heterocycles. The van der Waals surface area contributed by atoms with Gasteiger partial charge in [-0.3, -0.25) is 4.79 Å². The normalized spacial score (nSPS) is 12.8. The Labute approximate surface area is 104 Å². The Hall–Kier alpha value is -2.24. The molecule has 0 bridgehead atoms. The Bertz CT molecular complexity index is 429. The number of nitrogens with zero attached hydrogens (tertiary/aromatic N) is 2. The first-order valence-corrected chi connectivity index (χ1v) is 5.12. The first-order valence-electron chi connectivity index (χ1n) is 5.12. The molecule has 0 N–H and O–H groups in total. The second-order valence-electron chi connectivity index (χ2n) is 3.27. The highest BCUT2D eigenvalue weighted by atomic mass is 19.1. The molecule has 6 heteroatoms. The Morgan fingerprint density at radius 3 is 2.11 bits per heavy atom. The van der Waals surface area contributed by atoms with Gasteiger partial charge in [-0.1, -0.05) is 10.3 Å². The summed E-state index contributed by atoms with van der Waals surface area (Å²) in [6.45, 7) is 0. The van der Waals surface area contributed by atoms with Gasteiger partial charge in [0.05, 0.1) is 18.3 Å². The van der Waals surface area contributed by atoms with E-state index in [0.717, 1.165) is 0 Å². The van der Waals surface area contributed by atoms with Crippen molar-refractivity contribution in [3.8, 4) is 0 Å². The number of hydrogen-bond donors (Lipinski definition) is 0. The van der Waals surface area contributed by atoms with Crippen LogP contribution in [-0.2, 0) is 9.68 Å². The van der Waals surface area contributed by atoms with E-state index >= 15 is 0 Å². The highest BCUT2D eigenvalue weighted by Crippen LogP contribution is 2.08. The number of ketones is 1. The van der Waals surface area contributed by atoms with Crippen molar-refractivity contribution in [2.75, 3.05) is 14.2 Å². The van der Waals surface area contributed by atoms with Gasteiger partial charge in [-0.05, 0) is 24.3 Å². The van der Waals surface area contributed by atoms with Gasteiger partial charge in [0.15, 0.2) is 5.78 Å². The Morgan fingerprint density at radius 2 is 1.67 bits per heavy atom. The molecule has 5 nitrogen and oxygen atoms in total. The average molecular weight is 252 g/mol. The quantitative estimate of drug-likeness (QED) is 0.441. The largest absolute Gasteiger partial charge is 0.399 e. The molecule has 0 saturated heterocycles. The summed E-state index contributed by atoms with van der Waals surface area (Å²) >= 11 is 0. The molecule has 0 saturated carbocycles. The fraction of sp³-hybridized carbons (Fsp3) is 0.250. The lowest BCUT2D eigenvalue weighted by atomic mass is 10.00. The molecule has 0 aliphatic carbocycles. The van der Waals surface area contributed by atoms with Crippen LogP contribution in [0.4, 0.5) is 4.39 Å². The molecule has 96 valence electrons. The maximum Gasteiger partial charge on any atom is 0.176 e. The lowest BCUT2D eigenvalue weighted by Crippen LogP contribution is -2.18. The van der Waals surface area contributed by atoms with Crippen molar-refractivity contribution in [3.63, 3.8) is 0 Å². The zero-order valence-electron chi connectivity index (χ0n) is 10.0. The lowest BCUT2D eigenvalue weighted by Gasteiger charge is -2.05. The van der Waals surface area contributed by atoms with Gasteiger partial charge in [-0.25, -0.2) is 4.39 Å². The van der Waals surface area contributed by atoms with Crippen LogP contribution in [0.5, 0.6) is 0 Å². The van der Waals surface area contributed by atoms with Crippen LogP contribution >= 0.6 is 0 Å². The fourth-order valence-corrected chi connectivity index (χ4v) is 1.23. The van der Waals surface area contributed by atoms with Crippen LogP contribution in [0, 0.1) is 11.7 Å². The minimum Gasteiger partial charge on any atom is -0.399 e. The van der Waals surface area contributed by atoms with E-state index in [1.165, 1.54) is 50.9 Å². The van der Waals surface area contributed by atoms with Crippen LogP contribution in [0.15, 0.2) is 34.6 Å². The van der Waals surface area contributed by atoms with Crippen molar-refractivity contribution in [1.29, 1.82) is 0 Å². The fourth-order valence-electron chi connectivity index (χ4n) is 1.23. The molecular weight excluding hydrogens is 239 g/mol. The van der Waals surface area contributed by atoms with Crippen LogP contribution in [-0.4, -0.2) is 32.4 Å². The van der Waals surface area contributed by atoms with E-state index in [1.54, 1.807) is 0 Å². The van der Waals surface area contributed by atoms with Crippen molar-refractivity contribution < 1.29 is 18.9 Å². The van der Waals surface area contributed by atoms with Crippen LogP contribution in [0.25, 0.3) is 0 Å². The second kappa shape index (κ2) is 7.16. The number of halogens is 1. The zero-order valence-corrected chi connectivity index (χ0v) is 10.0. The highest BCUT2D eigenvalue weighted by Gasteiger charge is 2.17. The number of carbonyl (C=O) groups excluding carboxylic acids is 1. The summed E-state index contributed by atoms with van der Waals surface area (Å²) in [5, 5.41) is 7.04. The summed E-state index contributed by atoms with van der Waals surface area (Å²) in [7, 11) is 2.73. The van der Waals surface area contributed by atoms with Gasteiger partial charge in [-0.2, -0.15) is 0 Å². The third-order valence-corrected chi connectivity index (χ3v) is 2.09. The standard InChI is InChI=1S/C12H13FN2O3/c1-17-14-7-10(8-15-18-2)12(16)9-3-5-11(13)6-4-9/h3-8,10H,1-2H3/b14-7-,15-8?. The van der Waals surface area contributed by atoms with E-state index in [-0.39, 0.29) is 5.78 Å². The zero-order chi connectivity index (χ0) is 13.4. The minimum absolute atomic E-state index is 0.281. The molecule has 0 aliphatic rings. The SMILES string of the molecule is CON=CC(/C=N\OC)C(=O)c1ccc(F)cc1. The lowest BCUT2D eigenvalue weighted by molar-refractivity contribution is 0.0977. The Kier molecular flexibility index (Phi) is 5.50. The van der Waals surface area contributed by atoms with Gasteiger partial charge in [0, 0.05) is 5.56 Å². The molecular formula is C12H13FN2O3. The van der Waals surface area contributed by atoms with Crippen molar-refractivity contribution in [2.24, 2.45) is 16.2 Å². The van der Waals surface area contributed by atoms with Crippen LogP contribution in [0.1, 0.15) is 10.4 Å².